The summed E-state index contributed by atoms with van der Waals surface area (Å²) in [7, 11) is 0. The molecular formula is C16H19NO3S. The highest BCUT2D eigenvalue weighted by atomic mass is 32.1. The third-order valence-corrected chi connectivity index (χ3v) is 4.66. The Morgan fingerprint density at radius 3 is 3.05 bits per heavy atom. The van der Waals surface area contributed by atoms with Gasteiger partial charge in [0, 0.05) is 17.7 Å². The molecule has 112 valence electrons. The van der Waals surface area contributed by atoms with Crippen molar-refractivity contribution in [3.63, 3.8) is 0 Å². The highest BCUT2D eigenvalue weighted by Crippen LogP contribution is 2.48. The second-order valence-electron chi connectivity index (χ2n) is 5.47. The fourth-order valence-corrected chi connectivity index (χ4v) is 3.20. The molecule has 0 radical (unpaired) electrons. The van der Waals surface area contributed by atoms with Gasteiger partial charge in [0.05, 0.1) is 18.7 Å². The molecule has 2 aromatic rings. The number of thiazole rings is 1. The summed E-state index contributed by atoms with van der Waals surface area (Å²) in [6.45, 7) is 4.48. The highest BCUT2D eigenvalue weighted by Gasteiger charge is 2.36. The van der Waals surface area contributed by atoms with E-state index in [0.717, 1.165) is 28.1 Å². The van der Waals surface area contributed by atoms with Crippen LogP contribution >= 0.6 is 11.3 Å². The molecule has 0 amide bonds. The van der Waals surface area contributed by atoms with Crippen LogP contribution in [0.3, 0.4) is 0 Å². The summed E-state index contributed by atoms with van der Waals surface area (Å²) in [6, 6.07) is 4.05. The smallest absolute Gasteiger partial charge is 0.306 e. The van der Waals surface area contributed by atoms with E-state index in [4.69, 9.17) is 9.15 Å². The molecule has 1 aliphatic rings. The number of furan rings is 1. The van der Waals surface area contributed by atoms with Crippen LogP contribution in [0.4, 0.5) is 0 Å². The molecule has 1 aliphatic carbocycles. The van der Waals surface area contributed by atoms with E-state index in [1.165, 1.54) is 6.42 Å². The number of ether oxygens (including phenoxy) is 1. The zero-order valence-corrected chi connectivity index (χ0v) is 13.1. The summed E-state index contributed by atoms with van der Waals surface area (Å²) >= 11 is 1.56. The lowest BCUT2D eigenvalue weighted by atomic mass is 10.2. The molecule has 0 N–H and O–H groups in total. The molecule has 0 bridgehead atoms. The van der Waals surface area contributed by atoms with Crippen LogP contribution in [-0.4, -0.2) is 17.6 Å². The molecular weight excluding hydrogens is 286 g/mol. The van der Waals surface area contributed by atoms with Gasteiger partial charge in [-0.3, -0.25) is 4.79 Å². The van der Waals surface area contributed by atoms with Gasteiger partial charge in [0.2, 0.25) is 0 Å². The van der Waals surface area contributed by atoms with E-state index in [9.17, 15) is 4.79 Å². The number of hydrogen-bond acceptors (Lipinski definition) is 5. The van der Waals surface area contributed by atoms with Crippen molar-refractivity contribution in [1.29, 1.82) is 0 Å². The van der Waals surface area contributed by atoms with Gasteiger partial charge in [-0.25, -0.2) is 4.98 Å². The van der Waals surface area contributed by atoms with Gasteiger partial charge in [0.1, 0.15) is 5.76 Å². The first-order valence-electron chi connectivity index (χ1n) is 7.37. The lowest BCUT2D eigenvalue weighted by molar-refractivity contribution is -0.143. The lowest BCUT2D eigenvalue weighted by Gasteiger charge is -1.99. The third-order valence-electron chi connectivity index (χ3n) is 3.75. The largest absolute Gasteiger partial charge is 0.466 e. The maximum atomic E-state index is 11.3. The molecule has 2 aromatic heterocycles. The van der Waals surface area contributed by atoms with E-state index >= 15 is 0 Å². The minimum Gasteiger partial charge on any atom is -0.466 e. The lowest BCUT2D eigenvalue weighted by Crippen LogP contribution is -2.05. The Labute approximate surface area is 128 Å². The zero-order valence-electron chi connectivity index (χ0n) is 12.3. The van der Waals surface area contributed by atoms with Gasteiger partial charge in [0.25, 0.3) is 0 Å². The molecule has 0 spiro atoms. The SMILES string of the molecule is CCOC(=O)CCc1csc(-c2ccc(C3CC3C)o2)n1. The molecule has 3 rings (SSSR count). The number of hydrogen-bond donors (Lipinski definition) is 0. The van der Waals surface area contributed by atoms with Crippen molar-refractivity contribution in [1.82, 2.24) is 4.98 Å². The minimum absolute atomic E-state index is 0.171. The summed E-state index contributed by atoms with van der Waals surface area (Å²) in [5, 5.41) is 2.87. The van der Waals surface area contributed by atoms with Crippen LogP contribution in [0.2, 0.25) is 0 Å². The van der Waals surface area contributed by atoms with Crippen LogP contribution in [0.25, 0.3) is 10.8 Å². The molecule has 0 aliphatic heterocycles. The van der Waals surface area contributed by atoms with Crippen molar-refractivity contribution in [3.05, 3.63) is 29.0 Å². The van der Waals surface area contributed by atoms with E-state index in [1.54, 1.807) is 11.3 Å². The average Bonchev–Trinajstić information content (AvgIpc) is 2.92. The Kier molecular flexibility index (Phi) is 4.10. The molecule has 2 heterocycles. The first-order valence-corrected chi connectivity index (χ1v) is 8.25. The van der Waals surface area contributed by atoms with E-state index < -0.39 is 0 Å². The van der Waals surface area contributed by atoms with E-state index in [1.807, 2.05) is 18.4 Å². The Bertz CT molecular complexity index is 631. The van der Waals surface area contributed by atoms with Crippen LogP contribution in [0.5, 0.6) is 0 Å². The Hall–Kier alpha value is -1.62. The predicted molar refractivity (Wildman–Crippen MR) is 81.3 cm³/mol. The standard InChI is InChI=1S/C16H19NO3S/c1-3-19-15(18)7-4-11-9-21-16(17-11)14-6-5-13(20-14)12-8-10(12)2/h5-6,9-10,12H,3-4,7-8H2,1-2H3. The molecule has 21 heavy (non-hydrogen) atoms. The summed E-state index contributed by atoms with van der Waals surface area (Å²) in [4.78, 5) is 15.9. The van der Waals surface area contributed by atoms with Gasteiger partial charge in [-0.2, -0.15) is 0 Å². The first-order chi connectivity index (χ1) is 10.2. The second kappa shape index (κ2) is 6.02. The molecule has 2 unspecified atom stereocenters. The number of aromatic nitrogens is 1. The molecule has 0 saturated heterocycles. The van der Waals surface area contributed by atoms with Crippen LogP contribution in [0.1, 0.15) is 44.1 Å². The van der Waals surface area contributed by atoms with Crippen molar-refractivity contribution in [2.75, 3.05) is 6.61 Å². The zero-order chi connectivity index (χ0) is 14.8. The van der Waals surface area contributed by atoms with Gasteiger partial charge in [-0.15, -0.1) is 11.3 Å². The molecule has 1 saturated carbocycles. The van der Waals surface area contributed by atoms with Crippen LogP contribution < -0.4 is 0 Å². The van der Waals surface area contributed by atoms with Crippen molar-refractivity contribution < 1.29 is 13.9 Å². The first kappa shape index (κ1) is 14.3. The van der Waals surface area contributed by atoms with E-state index in [-0.39, 0.29) is 5.97 Å². The fourth-order valence-electron chi connectivity index (χ4n) is 2.38. The molecule has 4 nitrogen and oxygen atoms in total. The Balaban J connectivity index is 1.62. The maximum absolute atomic E-state index is 11.3. The number of aryl methyl sites for hydroxylation is 1. The van der Waals surface area contributed by atoms with Gasteiger partial charge >= 0.3 is 5.97 Å². The van der Waals surface area contributed by atoms with Crippen LogP contribution in [0.15, 0.2) is 21.9 Å². The summed E-state index contributed by atoms with van der Waals surface area (Å²) in [5.41, 5.74) is 0.917. The summed E-state index contributed by atoms with van der Waals surface area (Å²) in [5.74, 6) is 3.05. The van der Waals surface area contributed by atoms with Crippen molar-refractivity contribution in [3.8, 4) is 10.8 Å². The fraction of sp³-hybridized carbons (Fsp3) is 0.500. The van der Waals surface area contributed by atoms with Crippen molar-refractivity contribution >= 4 is 17.3 Å². The van der Waals surface area contributed by atoms with Gasteiger partial charge in [-0.05, 0) is 31.4 Å². The number of nitrogens with zero attached hydrogens (tertiary/aromatic N) is 1. The van der Waals surface area contributed by atoms with Gasteiger partial charge in [-0.1, -0.05) is 6.92 Å². The van der Waals surface area contributed by atoms with E-state index in [0.29, 0.717) is 25.4 Å². The predicted octanol–water partition coefficient (Wildman–Crippen LogP) is 4.02. The number of carbonyl (C=O) groups excluding carboxylic acids is 1. The third kappa shape index (κ3) is 3.35. The van der Waals surface area contributed by atoms with Crippen LogP contribution in [0, 0.1) is 5.92 Å². The minimum atomic E-state index is -0.171. The monoisotopic (exact) mass is 305 g/mol. The molecule has 5 heteroatoms. The summed E-state index contributed by atoms with van der Waals surface area (Å²) < 4.78 is 10.8. The quantitative estimate of drug-likeness (QED) is 0.756. The number of carbonyl (C=O) groups is 1. The Morgan fingerprint density at radius 1 is 1.52 bits per heavy atom. The topological polar surface area (TPSA) is 52.3 Å². The molecule has 1 fully saturated rings. The van der Waals surface area contributed by atoms with Crippen LogP contribution in [-0.2, 0) is 16.0 Å². The van der Waals surface area contributed by atoms with Crippen molar-refractivity contribution in [2.45, 2.75) is 39.0 Å². The van der Waals surface area contributed by atoms with E-state index in [2.05, 4.69) is 18.0 Å². The molecule has 2 atom stereocenters. The van der Waals surface area contributed by atoms with Gasteiger partial charge < -0.3 is 9.15 Å². The normalized spacial score (nSPS) is 20.5. The maximum Gasteiger partial charge on any atom is 0.306 e. The number of esters is 1. The highest BCUT2D eigenvalue weighted by molar-refractivity contribution is 7.13. The summed E-state index contributed by atoms with van der Waals surface area (Å²) in [6.07, 6.45) is 2.21. The molecule has 0 aromatic carbocycles. The van der Waals surface area contributed by atoms with Crippen molar-refractivity contribution in [2.24, 2.45) is 5.92 Å². The number of rotatable bonds is 6. The Morgan fingerprint density at radius 2 is 2.33 bits per heavy atom. The second-order valence-corrected chi connectivity index (χ2v) is 6.33. The van der Waals surface area contributed by atoms with Gasteiger partial charge in [0.15, 0.2) is 10.8 Å². The average molecular weight is 305 g/mol.